The van der Waals surface area contributed by atoms with Gasteiger partial charge in [-0.2, -0.15) is 5.26 Å². The van der Waals surface area contributed by atoms with Gasteiger partial charge in [-0.3, -0.25) is 5.41 Å². The topological polar surface area (TPSA) is 84.0 Å². The van der Waals surface area contributed by atoms with Crippen LogP contribution in [0.1, 0.15) is 37.8 Å². The second-order valence-corrected chi connectivity index (χ2v) is 7.75. The Labute approximate surface area is 157 Å². The molecule has 0 fully saturated rings. The van der Waals surface area contributed by atoms with Gasteiger partial charge in [0.15, 0.2) is 0 Å². The highest BCUT2D eigenvalue weighted by Gasteiger charge is 2.35. The predicted octanol–water partition coefficient (Wildman–Crippen LogP) is 4.68. The molecular weight excluding hydrogens is 344 g/mol. The van der Waals surface area contributed by atoms with E-state index in [0.717, 1.165) is 24.2 Å². The molecule has 0 amide bonds. The number of nitrogens with one attached hydrogen (secondary N) is 1. The fraction of sp³-hybridized carbons (Fsp3) is 0.350. The maximum atomic E-state index is 10.6. The Morgan fingerprint density at radius 3 is 2.65 bits per heavy atom. The Bertz CT molecular complexity index is 889. The first kappa shape index (κ1) is 18.2. The monoisotopic (exact) mass is 366 g/mol. The van der Waals surface area contributed by atoms with Crippen molar-refractivity contribution in [2.75, 3.05) is 6.54 Å². The third-order valence-corrected chi connectivity index (χ3v) is 5.48. The third-order valence-electron chi connectivity index (χ3n) is 4.62. The Morgan fingerprint density at radius 2 is 2.04 bits per heavy atom. The van der Waals surface area contributed by atoms with E-state index in [4.69, 9.17) is 10.7 Å². The number of thiazole rings is 1. The number of nitriles is 1. The molecule has 2 aromatic rings. The summed E-state index contributed by atoms with van der Waals surface area (Å²) >= 11 is 1.43. The lowest BCUT2D eigenvalue weighted by Crippen LogP contribution is -2.34. The molecule has 0 spiro atoms. The molecule has 0 radical (unpaired) electrons. The number of aromatic nitrogens is 1. The van der Waals surface area contributed by atoms with E-state index in [1.54, 1.807) is 12.1 Å². The van der Waals surface area contributed by atoms with Crippen molar-refractivity contribution in [2.24, 2.45) is 5.92 Å². The van der Waals surface area contributed by atoms with Gasteiger partial charge in [-0.25, -0.2) is 4.98 Å². The summed E-state index contributed by atoms with van der Waals surface area (Å²) in [5, 5.41) is 30.6. The molecule has 0 aliphatic carbocycles. The van der Waals surface area contributed by atoms with Gasteiger partial charge >= 0.3 is 0 Å². The van der Waals surface area contributed by atoms with Gasteiger partial charge < -0.3 is 10.0 Å². The molecule has 1 unspecified atom stereocenters. The molecule has 2 N–H and O–H groups in total. The van der Waals surface area contributed by atoms with Crippen LogP contribution in [0.3, 0.4) is 0 Å². The number of benzene rings is 1. The highest BCUT2D eigenvalue weighted by Crippen LogP contribution is 2.35. The van der Waals surface area contributed by atoms with Crippen LogP contribution in [0.25, 0.3) is 16.8 Å². The Morgan fingerprint density at radius 1 is 1.35 bits per heavy atom. The lowest BCUT2D eigenvalue weighted by Gasteiger charge is -2.24. The van der Waals surface area contributed by atoms with Crippen LogP contribution in [-0.2, 0) is 0 Å². The summed E-state index contributed by atoms with van der Waals surface area (Å²) in [5.41, 5.74) is 2.85. The normalized spacial score (nSPS) is 17.3. The van der Waals surface area contributed by atoms with Crippen molar-refractivity contribution < 1.29 is 5.11 Å². The molecule has 26 heavy (non-hydrogen) atoms. The van der Waals surface area contributed by atoms with Crippen molar-refractivity contribution in [3.63, 3.8) is 0 Å². The van der Waals surface area contributed by atoms with Crippen LogP contribution >= 0.6 is 11.3 Å². The Hall–Kier alpha value is -2.65. The molecule has 1 aromatic carbocycles. The van der Waals surface area contributed by atoms with Crippen LogP contribution in [0.15, 0.2) is 35.4 Å². The summed E-state index contributed by atoms with van der Waals surface area (Å²) in [6.07, 6.45) is 0.974. The molecule has 0 saturated heterocycles. The molecule has 5 nitrogen and oxygen atoms in total. The summed E-state index contributed by atoms with van der Waals surface area (Å²) in [6, 6.07) is 9.16. The first-order chi connectivity index (χ1) is 12.4. The molecule has 2 heterocycles. The van der Waals surface area contributed by atoms with Crippen molar-refractivity contribution >= 4 is 22.7 Å². The Balaban J connectivity index is 1.86. The summed E-state index contributed by atoms with van der Waals surface area (Å²) in [6.45, 7) is 6.98. The van der Waals surface area contributed by atoms with E-state index in [0.29, 0.717) is 27.9 Å². The number of hydrogen-bond donors (Lipinski definition) is 2. The SMILES string of the molecule is CC(C)CCN1C(=N)C(c2nc(-c3ccc(C#N)cc3)cs2)=C(O)C1C. The number of hydrogen-bond acceptors (Lipinski definition) is 5. The molecule has 1 aromatic heterocycles. The highest BCUT2D eigenvalue weighted by molar-refractivity contribution is 7.11. The standard InChI is InChI=1S/C20H22N4OS/c1-12(2)8-9-24-13(3)18(25)17(19(24)22)20-23-16(11-26-20)15-6-4-14(10-21)5-7-15/h4-7,11-13,22,25H,8-9H2,1-3H3. The minimum atomic E-state index is -0.196. The number of aliphatic hydroxyl groups excluding tert-OH is 1. The summed E-state index contributed by atoms with van der Waals surface area (Å²) < 4.78 is 0. The first-order valence-corrected chi connectivity index (χ1v) is 9.55. The zero-order valence-corrected chi connectivity index (χ0v) is 16.0. The van der Waals surface area contributed by atoms with E-state index in [-0.39, 0.29) is 11.8 Å². The number of aliphatic hydroxyl groups is 1. The second kappa shape index (κ2) is 7.30. The molecule has 1 aliphatic heterocycles. The van der Waals surface area contributed by atoms with Crippen molar-refractivity contribution in [1.29, 1.82) is 10.7 Å². The van der Waals surface area contributed by atoms with E-state index in [1.165, 1.54) is 11.3 Å². The van der Waals surface area contributed by atoms with Crippen molar-refractivity contribution in [3.8, 4) is 17.3 Å². The zero-order valence-electron chi connectivity index (χ0n) is 15.2. The fourth-order valence-electron chi connectivity index (χ4n) is 2.97. The van der Waals surface area contributed by atoms with Gasteiger partial charge in [-0.1, -0.05) is 26.0 Å². The number of nitrogens with zero attached hydrogens (tertiary/aromatic N) is 3. The quantitative estimate of drug-likeness (QED) is 0.805. The maximum absolute atomic E-state index is 10.6. The second-order valence-electron chi connectivity index (χ2n) is 6.89. The molecule has 0 saturated carbocycles. The molecular formula is C20H22N4OS. The van der Waals surface area contributed by atoms with Crippen molar-refractivity contribution in [3.05, 3.63) is 46.0 Å². The van der Waals surface area contributed by atoms with Gasteiger partial charge in [0.05, 0.1) is 28.9 Å². The maximum Gasteiger partial charge on any atom is 0.135 e. The Kier molecular flexibility index (Phi) is 5.10. The van der Waals surface area contributed by atoms with Gasteiger partial charge in [-0.05, 0) is 31.4 Å². The average molecular weight is 366 g/mol. The zero-order chi connectivity index (χ0) is 18.8. The van der Waals surface area contributed by atoms with E-state index in [2.05, 4.69) is 24.9 Å². The number of amidine groups is 1. The third kappa shape index (κ3) is 3.35. The van der Waals surface area contributed by atoms with Crippen LogP contribution in [0, 0.1) is 22.7 Å². The minimum absolute atomic E-state index is 0.196. The fourth-order valence-corrected chi connectivity index (χ4v) is 3.85. The highest BCUT2D eigenvalue weighted by atomic mass is 32.1. The van der Waals surface area contributed by atoms with Gasteiger partial charge in [0.2, 0.25) is 0 Å². The van der Waals surface area contributed by atoms with Gasteiger partial charge in [0, 0.05) is 17.5 Å². The van der Waals surface area contributed by atoms with Crippen LogP contribution < -0.4 is 0 Å². The average Bonchev–Trinajstić information content (AvgIpc) is 3.18. The smallest absolute Gasteiger partial charge is 0.135 e. The molecule has 0 bridgehead atoms. The van der Waals surface area contributed by atoms with E-state index >= 15 is 0 Å². The van der Waals surface area contributed by atoms with E-state index in [1.807, 2.05) is 29.3 Å². The largest absolute Gasteiger partial charge is 0.509 e. The predicted molar refractivity (Wildman–Crippen MR) is 105 cm³/mol. The van der Waals surface area contributed by atoms with E-state index < -0.39 is 0 Å². The van der Waals surface area contributed by atoms with Crippen LogP contribution in [0.5, 0.6) is 0 Å². The van der Waals surface area contributed by atoms with Crippen LogP contribution in [-0.4, -0.2) is 33.4 Å². The summed E-state index contributed by atoms with van der Waals surface area (Å²) in [7, 11) is 0. The minimum Gasteiger partial charge on any atom is -0.509 e. The molecule has 6 heteroatoms. The molecule has 1 atom stereocenters. The van der Waals surface area contributed by atoms with Crippen LogP contribution in [0.2, 0.25) is 0 Å². The van der Waals surface area contributed by atoms with Gasteiger partial charge in [-0.15, -0.1) is 11.3 Å². The lowest BCUT2D eigenvalue weighted by atomic mass is 10.1. The molecule has 1 aliphatic rings. The lowest BCUT2D eigenvalue weighted by molar-refractivity contribution is 0.275. The first-order valence-electron chi connectivity index (χ1n) is 8.67. The van der Waals surface area contributed by atoms with Gasteiger partial charge in [0.1, 0.15) is 16.6 Å². The van der Waals surface area contributed by atoms with Crippen molar-refractivity contribution in [2.45, 2.75) is 33.2 Å². The summed E-state index contributed by atoms with van der Waals surface area (Å²) in [4.78, 5) is 6.57. The van der Waals surface area contributed by atoms with Crippen molar-refractivity contribution in [1.82, 2.24) is 9.88 Å². The molecule has 3 rings (SSSR count). The van der Waals surface area contributed by atoms with Crippen LogP contribution in [0.4, 0.5) is 0 Å². The summed E-state index contributed by atoms with van der Waals surface area (Å²) in [5.74, 6) is 1.11. The molecule has 134 valence electrons. The van der Waals surface area contributed by atoms with Gasteiger partial charge in [0.25, 0.3) is 0 Å². The van der Waals surface area contributed by atoms with E-state index in [9.17, 15) is 5.11 Å². The number of rotatable bonds is 5.